The van der Waals surface area contributed by atoms with Crippen LogP contribution in [0.5, 0.6) is 0 Å². The summed E-state index contributed by atoms with van der Waals surface area (Å²) in [6.45, 7) is 7.77. The van der Waals surface area contributed by atoms with Crippen molar-refractivity contribution in [3.05, 3.63) is 42.0 Å². The van der Waals surface area contributed by atoms with Crippen molar-refractivity contribution < 1.29 is 13.3 Å². The minimum Gasteiger partial charge on any atom is -0.374 e. The van der Waals surface area contributed by atoms with E-state index in [-0.39, 0.29) is 0 Å². The van der Waals surface area contributed by atoms with E-state index in [4.69, 9.17) is 13.3 Å². The smallest absolute Gasteiger partial charge is 0.374 e. The Kier molecular flexibility index (Phi) is 7.67. The quantitative estimate of drug-likeness (QED) is 0.645. The standard InChI is InChI=1S/C15H24O3Si/c1-4-16-19(17-5-2,18-6-3)14-10-13-15-11-8-7-9-12-15/h7-13H,4-6,14H2,1-3H3. The van der Waals surface area contributed by atoms with Gasteiger partial charge < -0.3 is 13.3 Å². The molecule has 4 heteroatoms. The zero-order valence-corrected chi connectivity index (χ0v) is 13.1. The zero-order chi connectivity index (χ0) is 14.0. The zero-order valence-electron chi connectivity index (χ0n) is 12.1. The first-order valence-corrected chi connectivity index (χ1v) is 8.83. The van der Waals surface area contributed by atoms with E-state index >= 15 is 0 Å². The van der Waals surface area contributed by atoms with Gasteiger partial charge in [-0.3, -0.25) is 0 Å². The van der Waals surface area contributed by atoms with Crippen LogP contribution in [-0.2, 0) is 13.3 Å². The second-order valence-electron chi connectivity index (χ2n) is 4.00. The average Bonchev–Trinajstić information content (AvgIpc) is 2.41. The van der Waals surface area contributed by atoms with Gasteiger partial charge in [-0.2, -0.15) is 0 Å². The second-order valence-corrected chi connectivity index (χ2v) is 6.64. The van der Waals surface area contributed by atoms with Crippen LogP contribution in [0.2, 0.25) is 6.04 Å². The first-order valence-electron chi connectivity index (χ1n) is 6.89. The molecule has 0 aliphatic rings. The van der Waals surface area contributed by atoms with Crippen LogP contribution >= 0.6 is 0 Å². The van der Waals surface area contributed by atoms with Gasteiger partial charge in [-0.1, -0.05) is 42.5 Å². The topological polar surface area (TPSA) is 27.7 Å². The molecular formula is C15H24O3Si. The van der Waals surface area contributed by atoms with E-state index in [2.05, 4.69) is 24.3 Å². The molecule has 0 spiro atoms. The van der Waals surface area contributed by atoms with E-state index in [9.17, 15) is 0 Å². The molecule has 19 heavy (non-hydrogen) atoms. The first-order chi connectivity index (χ1) is 9.26. The fourth-order valence-corrected chi connectivity index (χ4v) is 4.19. The Labute approximate surface area is 117 Å². The van der Waals surface area contributed by atoms with Crippen molar-refractivity contribution >= 4 is 14.9 Å². The highest BCUT2D eigenvalue weighted by Gasteiger charge is 2.38. The van der Waals surface area contributed by atoms with Gasteiger partial charge in [0.25, 0.3) is 0 Å². The Morgan fingerprint density at radius 2 is 1.42 bits per heavy atom. The molecule has 0 amide bonds. The van der Waals surface area contributed by atoms with Crippen molar-refractivity contribution in [2.45, 2.75) is 26.8 Å². The van der Waals surface area contributed by atoms with Crippen molar-refractivity contribution in [1.29, 1.82) is 0 Å². The SMILES string of the molecule is CCO[Si](CC=Cc1ccccc1)(OCC)OCC. The summed E-state index contributed by atoms with van der Waals surface area (Å²) in [6, 6.07) is 10.9. The molecule has 0 atom stereocenters. The molecular weight excluding hydrogens is 256 g/mol. The third kappa shape index (κ3) is 5.70. The third-order valence-corrected chi connectivity index (χ3v) is 5.49. The normalized spacial score (nSPS) is 12.2. The molecule has 0 heterocycles. The molecule has 106 valence electrons. The Hall–Kier alpha value is -0.943. The second kappa shape index (κ2) is 9.04. The van der Waals surface area contributed by atoms with Crippen molar-refractivity contribution in [1.82, 2.24) is 0 Å². The van der Waals surface area contributed by atoms with Gasteiger partial charge in [0.15, 0.2) is 0 Å². The number of hydrogen-bond donors (Lipinski definition) is 0. The Bertz CT molecular complexity index is 348. The van der Waals surface area contributed by atoms with Gasteiger partial charge in [0.1, 0.15) is 0 Å². The van der Waals surface area contributed by atoms with E-state index in [1.54, 1.807) is 0 Å². The van der Waals surface area contributed by atoms with E-state index in [0.29, 0.717) is 25.9 Å². The van der Waals surface area contributed by atoms with Crippen LogP contribution in [-0.4, -0.2) is 28.6 Å². The van der Waals surface area contributed by atoms with Gasteiger partial charge in [-0.25, -0.2) is 0 Å². The summed E-state index contributed by atoms with van der Waals surface area (Å²) in [5.74, 6) is 0. The molecule has 0 N–H and O–H groups in total. The van der Waals surface area contributed by atoms with Crippen LogP contribution in [0.3, 0.4) is 0 Å². The van der Waals surface area contributed by atoms with E-state index in [1.165, 1.54) is 5.56 Å². The Balaban J connectivity index is 2.68. The van der Waals surface area contributed by atoms with Crippen LogP contribution in [0.4, 0.5) is 0 Å². The lowest BCUT2D eigenvalue weighted by molar-refractivity contribution is 0.0743. The van der Waals surface area contributed by atoms with Crippen molar-refractivity contribution in [3.63, 3.8) is 0 Å². The summed E-state index contributed by atoms with van der Waals surface area (Å²) >= 11 is 0. The van der Waals surface area contributed by atoms with Gasteiger partial charge in [-0.15, -0.1) is 0 Å². The molecule has 0 unspecified atom stereocenters. The van der Waals surface area contributed by atoms with Crippen LogP contribution in [0.15, 0.2) is 36.4 Å². The highest BCUT2D eigenvalue weighted by atomic mass is 28.4. The van der Waals surface area contributed by atoms with Crippen LogP contribution < -0.4 is 0 Å². The highest BCUT2D eigenvalue weighted by Crippen LogP contribution is 2.17. The van der Waals surface area contributed by atoms with Gasteiger partial charge in [0.05, 0.1) is 0 Å². The lowest BCUT2D eigenvalue weighted by Crippen LogP contribution is -2.45. The summed E-state index contributed by atoms with van der Waals surface area (Å²) in [4.78, 5) is 0. The van der Waals surface area contributed by atoms with E-state index in [0.717, 1.165) is 0 Å². The molecule has 0 saturated heterocycles. The molecule has 0 aromatic heterocycles. The number of benzene rings is 1. The minimum absolute atomic E-state index is 0.616. The fraction of sp³-hybridized carbons (Fsp3) is 0.467. The average molecular weight is 280 g/mol. The minimum atomic E-state index is -2.54. The van der Waals surface area contributed by atoms with Gasteiger partial charge in [0, 0.05) is 25.9 Å². The summed E-state index contributed by atoms with van der Waals surface area (Å²) in [5.41, 5.74) is 1.18. The van der Waals surface area contributed by atoms with E-state index < -0.39 is 8.80 Å². The largest absolute Gasteiger partial charge is 0.504 e. The van der Waals surface area contributed by atoms with Gasteiger partial charge in [-0.05, 0) is 26.3 Å². The lowest BCUT2D eigenvalue weighted by atomic mass is 10.2. The molecule has 0 aliphatic heterocycles. The van der Waals surface area contributed by atoms with Crippen LogP contribution in [0.1, 0.15) is 26.3 Å². The molecule has 1 aromatic carbocycles. The molecule has 0 bridgehead atoms. The maximum Gasteiger partial charge on any atom is 0.504 e. The van der Waals surface area contributed by atoms with Crippen molar-refractivity contribution in [3.8, 4) is 0 Å². The molecule has 0 radical (unpaired) electrons. The summed E-state index contributed by atoms with van der Waals surface area (Å²) in [5, 5.41) is 0. The van der Waals surface area contributed by atoms with Crippen molar-refractivity contribution in [2.24, 2.45) is 0 Å². The summed E-state index contributed by atoms with van der Waals surface area (Å²) in [7, 11) is -2.54. The fourth-order valence-electron chi connectivity index (χ4n) is 1.87. The monoisotopic (exact) mass is 280 g/mol. The molecule has 1 rings (SSSR count). The maximum atomic E-state index is 5.79. The van der Waals surface area contributed by atoms with Crippen LogP contribution in [0, 0.1) is 0 Å². The maximum absolute atomic E-state index is 5.79. The first kappa shape index (κ1) is 16.1. The van der Waals surface area contributed by atoms with E-state index in [1.807, 2.05) is 39.0 Å². The van der Waals surface area contributed by atoms with Crippen LogP contribution in [0.25, 0.3) is 6.08 Å². The van der Waals surface area contributed by atoms with Crippen molar-refractivity contribution in [2.75, 3.05) is 19.8 Å². The highest BCUT2D eigenvalue weighted by molar-refractivity contribution is 6.61. The number of hydrogen-bond acceptors (Lipinski definition) is 3. The summed E-state index contributed by atoms with van der Waals surface area (Å²) < 4.78 is 17.4. The van der Waals surface area contributed by atoms with Gasteiger partial charge in [0.2, 0.25) is 0 Å². The molecule has 0 saturated carbocycles. The predicted molar refractivity (Wildman–Crippen MR) is 80.9 cm³/mol. The Morgan fingerprint density at radius 3 is 1.89 bits per heavy atom. The molecule has 3 nitrogen and oxygen atoms in total. The van der Waals surface area contributed by atoms with Gasteiger partial charge >= 0.3 is 8.80 Å². The third-order valence-electron chi connectivity index (χ3n) is 2.57. The number of rotatable bonds is 9. The molecule has 0 fully saturated rings. The molecule has 0 aliphatic carbocycles. The lowest BCUT2D eigenvalue weighted by Gasteiger charge is -2.27. The molecule has 1 aromatic rings. The number of allylic oxidation sites excluding steroid dienone is 1. The predicted octanol–water partition coefficient (Wildman–Crippen LogP) is 3.75. The Morgan fingerprint density at radius 1 is 0.895 bits per heavy atom. The summed E-state index contributed by atoms with van der Waals surface area (Å²) in [6.07, 6.45) is 4.17.